The highest BCUT2D eigenvalue weighted by Gasteiger charge is 2.12. The summed E-state index contributed by atoms with van der Waals surface area (Å²) in [5.41, 5.74) is 7.19. The molecule has 16 heavy (non-hydrogen) atoms. The number of anilines is 1. The van der Waals surface area contributed by atoms with Crippen LogP contribution in [0.5, 0.6) is 11.5 Å². The number of nitrogen functional groups attached to an aromatic ring is 1. The molecule has 0 saturated carbocycles. The predicted octanol–water partition coefficient (Wildman–Crippen LogP) is 1.57. The van der Waals surface area contributed by atoms with Crippen molar-refractivity contribution in [2.75, 3.05) is 26.5 Å². The molecular formula is C11H16N2O2S. The van der Waals surface area contributed by atoms with Crippen LogP contribution >= 0.6 is 12.2 Å². The standard InChI is InChI=1S/C11H16N2O2S/c1-4-13-11(16)8-5-7(14-2)6-9(15-3)10(8)12/h5-6H,4,12H2,1-3H3,(H,13,16). The number of methoxy groups -OCH3 is 2. The van der Waals surface area contributed by atoms with Crippen molar-refractivity contribution in [2.45, 2.75) is 6.92 Å². The van der Waals surface area contributed by atoms with E-state index >= 15 is 0 Å². The van der Waals surface area contributed by atoms with E-state index in [0.29, 0.717) is 22.2 Å². The molecule has 4 nitrogen and oxygen atoms in total. The van der Waals surface area contributed by atoms with Gasteiger partial charge >= 0.3 is 0 Å². The number of rotatable bonds is 4. The summed E-state index contributed by atoms with van der Waals surface area (Å²) in [7, 11) is 3.15. The first kappa shape index (κ1) is 12.6. The third kappa shape index (κ3) is 2.55. The molecule has 0 aliphatic heterocycles. The molecule has 0 spiro atoms. The van der Waals surface area contributed by atoms with Gasteiger partial charge in [0.1, 0.15) is 16.5 Å². The van der Waals surface area contributed by atoms with E-state index in [9.17, 15) is 0 Å². The maximum Gasteiger partial charge on any atom is 0.146 e. The van der Waals surface area contributed by atoms with Crippen LogP contribution in [0.4, 0.5) is 5.69 Å². The molecule has 1 rings (SSSR count). The third-order valence-corrected chi connectivity index (χ3v) is 2.52. The average molecular weight is 240 g/mol. The molecule has 5 heteroatoms. The molecule has 0 aliphatic carbocycles. The largest absolute Gasteiger partial charge is 0.497 e. The van der Waals surface area contributed by atoms with Crippen molar-refractivity contribution in [1.82, 2.24) is 5.32 Å². The number of thiocarbonyl (C=S) groups is 1. The summed E-state index contributed by atoms with van der Waals surface area (Å²) in [5, 5.41) is 3.05. The van der Waals surface area contributed by atoms with Gasteiger partial charge in [-0.05, 0) is 13.0 Å². The molecule has 0 amide bonds. The molecule has 0 heterocycles. The van der Waals surface area contributed by atoms with Crippen LogP contribution in [0.15, 0.2) is 12.1 Å². The fourth-order valence-corrected chi connectivity index (χ4v) is 1.64. The second-order valence-electron chi connectivity index (χ2n) is 3.15. The summed E-state index contributed by atoms with van der Waals surface area (Å²) >= 11 is 5.22. The molecule has 0 aliphatic rings. The molecule has 0 unspecified atom stereocenters. The van der Waals surface area contributed by atoms with Crippen LogP contribution in [0.1, 0.15) is 12.5 Å². The lowest BCUT2D eigenvalue weighted by Gasteiger charge is -2.13. The van der Waals surface area contributed by atoms with E-state index in [0.717, 1.165) is 12.1 Å². The minimum absolute atomic E-state index is 0.522. The zero-order chi connectivity index (χ0) is 12.1. The summed E-state index contributed by atoms with van der Waals surface area (Å²) in [6.07, 6.45) is 0. The van der Waals surface area contributed by atoms with E-state index in [2.05, 4.69) is 5.32 Å². The Balaban J connectivity index is 3.20. The van der Waals surface area contributed by atoms with E-state index < -0.39 is 0 Å². The van der Waals surface area contributed by atoms with Crippen molar-refractivity contribution in [1.29, 1.82) is 0 Å². The summed E-state index contributed by atoms with van der Waals surface area (Å²) < 4.78 is 10.3. The first-order valence-electron chi connectivity index (χ1n) is 4.93. The van der Waals surface area contributed by atoms with Crippen LogP contribution in [-0.4, -0.2) is 25.8 Å². The minimum Gasteiger partial charge on any atom is -0.497 e. The second kappa shape index (κ2) is 5.55. The Morgan fingerprint density at radius 1 is 1.38 bits per heavy atom. The highest BCUT2D eigenvalue weighted by molar-refractivity contribution is 7.80. The number of hydrogen-bond acceptors (Lipinski definition) is 4. The van der Waals surface area contributed by atoms with Gasteiger partial charge in [0.25, 0.3) is 0 Å². The number of hydrogen-bond donors (Lipinski definition) is 2. The highest BCUT2D eigenvalue weighted by atomic mass is 32.1. The van der Waals surface area contributed by atoms with Crippen LogP contribution in [0.25, 0.3) is 0 Å². The van der Waals surface area contributed by atoms with Gasteiger partial charge < -0.3 is 20.5 Å². The van der Waals surface area contributed by atoms with E-state index in [1.54, 1.807) is 26.4 Å². The third-order valence-electron chi connectivity index (χ3n) is 2.15. The van der Waals surface area contributed by atoms with Crippen molar-refractivity contribution >= 4 is 22.9 Å². The Bertz CT molecular complexity index is 394. The van der Waals surface area contributed by atoms with Crippen LogP contribution in [-0.2, 0) is 0 Å². The SMILES string of the molecule is CCNC(=S)c1cc(OC)cc(OC)c1N. The fraction of sp³-hybridized carbons (Fsp3) is 0.364. The molecular weight excluding hydrogens is 224 g/mol. The Hall–Kier alpha value is -1.49. The van der Waals surface area contributed by atoms with Gasteiger partial charge in [-0.1, -0.05) is 12.2 Å². The molecule has 0 radical (unpaired) electrons. The van der Waals surface area contributed by atoms with Crippen LogP contribution < -0.4 is 20.5 Å². The number of benzene rings is 1. The lowest BCUT2D eigenvalue weighted by atomic mass is 10.1. The highest BCUT2D eigenvalue weighted by Crippen LogP contribution is 2.31. The first-order valence-corrected chi connectivity index (χ1v) is 5.34. The van der Waals surface area contributed by atoms with Gasteiger partial charge in [0.2, 0.25) is 0 Å². The van der Waals surface area contributed by atoms with E-state index in [4.69, 9.17) is 27.4 Å². The van der Waals surface area contributed by atoms with Gasteiger partial charge in [0, 0.05) is 18.2 Å². The van der Waals surface area contributed by atoms with E-state index in [1.165, 1.54) is 0 Å². The molecule has 0 bridgehead atoms. The molecule has 0 fully saturated rings. The molecule has 1 aromatic carbocycles. The minimum atomic E-state index is 0.522. The number of nitrogens with two attached hydrogens (primary N) is 1. The lowest BCUT2D eigenvalue weighted by Crippen LogP contribution is -2.22. The van der Waals surface area contributed by atoms with Gasteiger partial charge in [-0.3, -0.25) is 0 Å². The zero-order valence-corrected chi connectivity index (χ0v) is 10.5. The quantitative estimate of drug-likeness (QED) is 0.618. The van der Waals surface area contributed by atoms with Gasteiger partial charge in [0.15, 0.2) is 0 Å². The molecule has 0 aromatic heterocycles. The van der Waals surface area contributed by atoms with Gasteiger partial charge in [-0.15, -0.1) is 0 Å². The Kier molecular flexibility index (Phi) is 4.37. The topological polar surface area (TPSA) is 56.5 Å². The zero-order valence-electron chi connectivity index (χ0n) is 9.66. The summed E-state index contributed by atoms with van der Waals surface area (Å²) in [4.78, 5) is 0.595. The molecule has 88 valence electrons. The van der Waals surface area contributed by atoms with E-state index in [-0.39, 0.29) is 0 Å². The molecule has 0 atom stereocenters. The van der Waals surface area contributed by atoms with Gasteiger partial charge in [0.05, 0.1) is 19.9 Å². The van der Waals surface area contributed by atoms with Gasteiger partial charge in [-0.2, -0.15) is 0 Å². The lowest BCUT2D eigenvalue weighted by molar-refractivity contribution is 0.395. The van der Waals surface area contributed by atoms with Crippen molar-refractivity contribution in [3.63, 3.8) is 0 Å². The van der Waals surface area contributed by atoms with Crippen molar-refractivity contribution in [3.8, 4) is 11.5 Å². The summed E-state index contributed by atoms with van der Waals surface area (Å²) in [6.45, 7) is 2.72. The van der Waals surface area contributed by atoms with E-state index in [1.807, 2.05) is 6.92 Å². The van der Waals surface area contributed by atoms with Crippen LogP contribution in [0.3, 0.4) is 0 Å². The Morgan fingerprint density at radius 3 is 2.56 bits per heavy atom. The van der Waals surface area contributed by atoms with Crippen molar-refractivity contribution in [3.05, 3.63) is 17.7 Å². The first-order chi connectivity index (χ1) is 7.63. The smallest absolute Gasteiger partial charge is 0.146 e. The average Bonchev–Trinajstić information content (AvgIpc) is 2.29. The molecule has 3 N–H and O–H groups in total. The molecule has 1 aromatic rings. The predicted molar refractivity (Wildman–Crippen MR) is 69.3 cm³/mol. The van der Waals surface area contributed by atoms with Crippen LogP contribution in [0.2, 0.25) is 0 Å². The molecule has 0 saturated heterocycles. The number of nitrogens with one attached hydrogen (secondary N) is 1. The van der Waals surface area contributed by atoms with Crippen LogP contribution in [0, 0.1) is 0 Å². The summed E-state index contributed by atoms with van der Waals surface area (Å²) in [6, 6.07) is 3.52. The monoisotopic (exact) mass is 240 g/mol. The fourth-order valence-electron chi connectivity index (χ4n) is 1.33. The Morgan fingerprint density at radius 2 is 2.06 bits per heavy atom. The van der Waals surface area contributed by atoms with Crippen molar-refractivity contribution < 1.29 is 9.47 Å². The number of ether oxygens (including phenoxy) is 2. The second-order valence-corrected chi connectivity index (χ2v) is 3.56. The van der Waals surface area contributed by atoms with Crippen molar-refractivity contribution in [2.24, 2.45) is 0 Å². The van der Waals surface area contributed by atoms with Gasteiger partial charge in [-0.25, -0.2) is 0 Å². The maximum atomic E-state index is 5.94. The maximum absolute atomic E-state index is 5.94. The normalized spacial score (nSPS) is 9.69. The summed E-state index contributed by atoms with van der Waals surface area (Å²) in [5.74, 6) is 1.23. The Labute approximate surface area is 101 Å².